The average Bonchev–Trinajstić information content (AvgIpc) is 2.52. The van der Waals surface area contributed by atoms with E-state index in [9.17, 15) is 0 Å². The molecule has 1 fully saturated rings. The van der Waals surface area contributed by atoms with Gasteiger partial charge in [0.05, 0.1) is 33.0 Å². The summed E-state index contributed by atoms with van der Waals surface area (Å²) in [6.07, 6.45) is 3.53. The standard InChI is InChI=1S/C18H38N2O3/c1-5-11-21-13-15-23-16-14-22-12-8-19-17-6-9-20(10-7-17)18(2,3)4/h17,19H,5-16H2,1-4H3. The molecule has 1 aliphatic rings. The summed E-state index contributed by atoms with van der Waals surface area (Å²) in [7, 11) is 0. The minimum atomic E-state index is 0.301. The van der Waals surface area contributed by atoms with Crippen molar-refractivity contribution in [3.63, 3.8) is 0 Å². The van der Waals surface area contributed by atoms with Crippen LogP contribution in [-0.4, -0.2) is 75.8 Å². The lowest BCUT2D eigenvalue weighted by molar-refractivity contribution is 0.0145. The highest BCUT2D eigenvalue weighted by atomic mass is 16.5. The van der Waals surface area contributed by atoms with E-state index in [-0.39, 0.29) is 0 Å². The summed E-state index contributed by atoms with van der Waals surface area (Å²) >= 11 is 0. The maximum absolute atomic E-state index is 5.59. The molecule has 0 amide bonds. The topological polar surface area (TPSA) is 43.0 Å². The number of piperidine rings is 1. The van der Waals surface area contributed by atoms with Gasteiger partial charge in [-0.1, -0.05) is 6.92 Å². The van der Waals surface area contributed by atoms with E-state index in [1.807, 2.05) is 0 Å². The summed E-state index contributed by atoms with van der Waals surface area (Å²) in [5, 5.41) is 3.61. The maximum atomic E-state index is 5.59. The van der Waals surface area contributed by atoms with Crippen molar-refractivity contribution in [1.82, 2.24) is 10.2 Å². The Balaban J connectivity index is 1.85. The predicted molar refractivity (Wildman–Crippen MR) is 95.1 cm³/mol. The first-order valence-corrected chi connectivity index (χ1v) is 9.25. The Bertz CT molecular complexity index is 274. The monoisotopic (exact) mass is 330 g/mol. The Hall–Kier alpha value is -0.200. The normalized spacial score (nSPS) is 17.7. The molecule has 138 valence electrons. The van der Waals surface area contributed by atoms with Crippen LogP contribution < -0.4 is 5.32 Å². The second kappa shape index (κ2) is 12.2. The second-order valence-electron chi connectivity index (χ2n) is 7.22. The fourth-order valence-electron chi connectivity index (χ4n) is 2.78. The average molecular weight is 331 g/mol. The van der Waals surface area contributed by atoms with Gasteiger partial charge in [0.15, 0.2) is 0 Å². The van der Waals surface area contributed by atoms with Crippen LogP contribution in [0.5, 0.6) is 0 Å². The fourth-order valence-corrected chi connectivity index (χ4v) is 2.78. The van der Waals surface area contributed by atoms with Crippen LogP contribution in [0.1, 0.15) is 47.0 Å². The predicted octanol–water partition coefficient (Wildman–Crippen LogP) is 2.30. The lowest BCUT2D eigenvalue weighted by atomic mass is 9.98. The highest BCUT2D eigenvalue weighted by Gasteiger charge is 2.26. The molecule has 0 bridgehead atoms. The van der Waals surface area contributed by atoms with Crippen molar-refractivity contribution in [1.29, 1.82) is 0 Å². The highest BCUT2D eigenvalue weighted by Crippen LogP contribution is 2.19. The van der Waals surface area contributed by atoms with Gasteiger partial charge in [-0.3, -0.25) is 4.90 Å². The van der Waals surface area contributed by atoms with E-state index in [1.54, 1.807) is 0 Å². The molecule has 1 N–H and O–H groups in total. The van der Waals surface area contributed by atoms with Crippen LogP contribution in [0.25, 0.3) is 0 Å². The second-order valence-corrected chi connectivity index (χ2v) is 7.22. The zero-order valence-corrected chi connectivity index (χ0v) is 15.7. The number of rotatable bonds is 12. The molecular weight excluding hydrogens is 292 g/mol. The number of likely N-dealkylation sites (tertiary alicyclic amines) is 1. The molecule has 1 rings (SSSR count). The summed E-state index contributed by atoms with van der Waals surface area (Å²) in [6, 6.07) is 0.643. The van der Waals surface area contributed by atoms with Crippen molar-refractivity contribution < 1.29 is 14.2 Å². The maximum Gasteiger partial charge on any atom is 0.0701 e. The first kappa shape index (κ1) is 20.8. The van der Waals surface area contributed by atoms with Crippen LogP contribution in [0.3, 0.4) is 0 Å². The van der Waals surface area contributed by atoms with Gasteiger partial charge in [-0.2, -0.15) is 0 Å². The molecule has 1 heterocycles. The molecule has 0 atom stereocenters. The summed E-state index contributed by atoms with van der Waals surface area (Å²) in [6.45, 7) is 16.6. The van der Waals surface area contributed by atoms with Crippen LogP contribution in [-0.2, 0) is 14.2 Å². The van der Waals surface area contributed by atoms with E-state index >= 15 is 0 Å². The Morgan fingerprint density at radius 2 is 1.39 bits per heavy atom. The van der Waals surface area contributed by atoms with Crippen LogP contribution in [0, 0.1) is 0 Å². The minimum absolute atomic E-state index is 0.301. The lowest BCUT2D eigenvalue weighted by Crippen LogP contribution is -2.50. The SMILES string of the molecule is CCCOCCOCCOCCNC1CCN(C(C)(C)C)CC1. The summed E-state index contributed by atoms with van der Waals surface area (Å²) in [4.78, 5) is 2.57. The Morgan fingerprint density at radius 1 is 0.870 bits per heavy atom. The quantitative estimate of drug-likeness (QED) is 0.556. The van der Waals surface area contributed by atoms with Crippen molar-refractivity contribution in [3.05, 3.63) is 0 Å². The number of hydrogen-bond donors (Lipinski definition) is 1. The lowest BCUT2D eigenvalue weighted by Gasteiger charge is -2.41. The largest absolute Gasteiger partial charge is 0.379 e. The van der Waals surface area contributed by atoms with Crippen LogP contribution >= 0.6 is 0 Å². The molecule has 0 saturated carbocycles. The first-order valence-electron chi connectivity index (χ1n) is 9.25. The highest BCUT2D eigenvalue weighted by molar-refractivity contribution is 4.84. The van der Waals surface area contributed by atoms with E-state index in [0.717, 1.165) is 26.2 Å². The van der Waals surface area contributed by atoms with E-state index in [0.29, 0.717) is 38.0 Å². The van der Waals surface area contributed by atoms with Crippen molar-refractivity contribution in [2.24, 2.45) is 0 Å². The third kappa shape index (κ3) is 10.3. The number of ether oxygens (including phenoxy) is 3. The Morgan fingerprint density at radius 3 is 1.91 bits per heavy atom. The van der Waals surface area contributed by atoms with E-state index in [4.69, 9.17) is 14.2 Å². The van der Waals surface area contributed by atoms with E-state index < -0.39 is 0 Å². The smallest absolute Gasteiger partial charge is 0.0701 e. The van der Waals surface area contributed by atoms with Gasteiger partial charge in [0.25, 0.3) is 0 Å². The Labute approximate surface area is 143 Å². The Kier molecular flexibility index (Phi) is 11.1. The van der Waals surface area contributed by atoms with Gasteiger partial charge < -0.3 is 19.5 Å². The number of nitrogens with zero attached hydrogens (tertiary/aromatic N) is 1. The van der Waals surface area contributed by atoms with Gasteiger partial charge in [-0.05, 0) is 40.0 Å². The molecule has 0 aromatic rings. The number of nitrogens with one attached hydrogen (secondary N) is 1. The zero-order chi connectivity index (χ0) is 17.0. The minimum Gasteiger partial charge on any atom is -0.379 e. The van der Waals surface area contributed by atoms with Crippen molar-refractivity contribution in [3.8, 4) is 0 Å². The summed E-state index contributed by atoms with van der Waals surface area (Å²) in [5.74, 6) is 0. The van der Waals surface area contributed by atoms with Crippen LogP contribution in [0.15, 0.2) is 0 Å². The molecule has 0 aromatic carbocycles. The third-order valence-corrected chi connectivity index (χ3v) is 4.22. The summed E-state index contributed by atoms with van der Waals surface area (Å²) < 4.78 is 16.4. The summed E-state index contributed by atoms with van der Waals surface area (Å²) in [5.41, 5.74) is 0.301. The molecule has 5 nitrogen and oxygen atoms in total. The molecular formula is C18H38N2O3. The molecule has 0 aliphatic carbocycles. The zero-order valence-electron chi connectivity index (χ0n) is 15.7. The first-order chi connectivity index (χ1) is 11.0. The van der Waals surface area contributed by atoms with Crippen molar-refractivity contribution >= 4 is 0 Å². The molecule has 5 heteroatoms. The van der Waals surface area contributed by atoms with Gasteiger partial charge in [0, 0.05) is 37.8 Å². The van der Waals surface area contributed by atoms with Crippen molar-refractivity contribution in [2.75, 3.05) is 59.3 Å². The molecule has 0 unspecified atom stereocenters. The molecule has 0 aromatic heterocycles. The third-order valence-electron chi connectivity index (χ3n) is 4.22. The van der Waals surface area contributed by atoms with Gasteiger partial charge >= 0.3 is 0 Å². The van der Waals surface area contributed by atoms with Gasteiger partial charge in [-0.25, -0.2) is 0 Å². The van der Waals surface area contributed by atoms with E-state index in [1.165, 1.54) is 25.9 Å². The molecule has 1 aliphatic heterocycles. The number of hydrogen-bond acceptors (Lipinski definition) is 5. The van der Waals surface area contributed by atoms with Gasteiger partial charge in [0.1, 0.15) is 0 Å². The van der Waals surface area contributed by atoms with Crippen LogP contribution in [0.4, 0.5) is 0 Å². The molecule has 0 radical (unpaired) electrons. The van der Waals surface area contributed by atoms with Gasteiger partial charge in [0.2, 0.25) is 0 Å². The molecule has 1 saturated heterocycles. The molecule has 23 heavy (non-hydrogen) atoms. The fraction of sp³-hybridized carbons (Fsp3) is 1.00. The van der Waals surface area contributed by atoms with Crippen LogP contribution in [0.2, 0.25) is 0 Å². The van der Waals surface area contributed by atoms with Crippen molar-refractivity contribution in [2.45, 2.75) is 58.5 Å². The van der Waals surface area contributed by atoms with Gasteiger partial charge in [-0.15, -0.1) is 0 Å². The molecule has 0 spiro atoms. The van der Waals surface area contributed by atoms with E-state index in [2.05, 4.69) is 37.9 Å².